The lowest BCUT2D eigenvalue weighted by molar-refractivity contribution is -0.118. The summed E-state index contributed by atoms with van der Waals surface area (Å²) < 4.78 is 68.7. The molecule has 18 nitrogen and oxygen atoms in total. The van der Waals surface area contributed by atoms with E-state index in [-0.39, 0.29) is 69.9 Å². The molecule has 6 aromatic rings. The summed E-state index contributed by atoms with van der Waals surface area (Å²) in [6.07, 6.45) is 7.88. The lowest BCUT2D eigenvalue weighted by Crippen LogP contribution is -2.45. The maximum atomic E-state index is 16.2. The molecule has 1 saturated heterocycles. The Balaban J connectivity index is 0.696. The number of rotatable bonds is 29. The second-order valence-corrected chi connectivity index (χ2v) is 23.3. The van der Waals surface area contributed by atoms with Crippen molar-refractivity contribution in [1.29, 1.82) is 5.26 Å². The summed E-state index contributed by atoms with van der Waals surface area (Å²) in [4.78, 5) is 39.5. The summed E-state index contributed by atoms with van der Waals surface area (Å²) in [6.45, 7) is 10.1. The normalized spacial score (nSPS) is 19.5. The number of ether oxygens (including phenoxy) is 6. The summed E-state index contributed by atoms with van der Waals surface area (Å²) >= 11 is 12.5. The molecule has 4 atom stereocenters. The number of nitrogens with zero attached hydrogens (tertiary/aromatic N) is 6. The van der Waals surface area contributed by atoms with E-state index < -0.39 is 52.3 Å². The van der Waals surface area contributed by atoms with Gasteiger partial charge in [-0.25, -0.2) is 23.4 Å². The molecule has 2 aromatic heterocycles. The molecule has 0 bridgehead atoms. The number of halogens is 4. The Bertz CT molecular complexity index is 3210. The van der Waals surface area contributed by atoms with Gasteiger partial charge >= 0.3 is 0 Å². The van der Waals surface area contributed by atoms with Crippen LogP contribution in [0.3, 0.4) is 0 Å². The van der Waals surface area contributed by atoms with E-state index in [0.717, 1.165) is 48.8 Å². The number of anilines is 3. The molecule has 8 rings (SSSR count). The van der Waals surface area contributed by atoms with Crippen LogP contribution >= 0.6 is 23.2 Å². The van der Waals surface area contributed by atoms with E-state index >= 15 is 8.78 Å². The van der Waals surface area contributed by atoms with E-state index in [1.54, 1.807) is 12.3 Å². The minimum atomic E-state index is -1.83. The standard InChI is InChI=1S/C63H76Cl2F2N10O8/c1-62(2,3)37-54-63(40-68,48-21-16-43(64)36-50(48)66)55(46-13-10-14-49(65)56(46)67)57(75-54)59(79)73-52-35-42(15-22-53(52)80-6)58(78)69-25-26-81-27-28-82-29-30-83-31-32-84-33-34-85-45-19-17-44(18-20-45)72-61-70-24-23-51(74-61)47-38-71-77(60(47)76(4)5)39-41-11-8-7-9-12-41/h7-16,21-24,35-36,38,44-45,54-55,57,75H,17-20,25-34,37,39H2,1-6H3,(H,69,78)(H,73,79)(H,70,72,74)/t44-,45-,54?,55-,57?,63-/m0/s1. The molecule has 0 radical (unpaired) electrons. The predicted octanol–water partition coefficient (Wildman–Crippen LogP) is 10.2. The van der Waals surface area contributed by atoms with Gasteiger partial charge < -0.3 is 54.6 Å². The van der Waals surface area contributed by atoms with Gasteiger partial charge in [0.2, 0.25) is 11.9 Å². The molecule has 3 heterocycles. The van der Waals surface area contributed by atoms with Crippen LogP contribution in [0.15, 0.2) is 103 Å². The molecule has 1 aliphatic carbocycles. The van der Waals surface area contributed by atoms with Crippen LogP contribution in [0, 0.1) is 28.4 Å². The van der Waals surface area contributed by atoms with Crippen LogP contribution in [0.5, 0.6) is 5.75 Å². The van der Waals surface area contributed by atoms with E-state index in [4.69, 9.17) is 61.7 Å². The van der Waals surface area contributed by atoms with Gasteiger partial charge in [0.15, 0.2) is 0 Å². The minimum absolute atomic E-state index is 0.0514. The highest BCUT2D eigenvalue weighted by Gasteiger charge is 2.61. The predicted molar refractivity (Wildman–Crippen MR) is 324 cm³/mol. The molecule has 1 saturated carbocycles. The van der Waals surface area contributed by atoms with Crippen molar-refractivity contribution >= 4 is 52.5 Å². The summed E-state index contributed by atoms with van der Waals surface area (Å²) in [5, 5.41) is 28.3. The zero-order chi connectivity index (χ0) is 60.5. The van der Waals surface area contributed by atoms with Gasteiger partial charge in [0, 0.05) is 61.0 Å². The lowest BCUT2D eigenvalue weighted by atomic mass is 9.62. The van der Waals surface area contributed by atoms with Crippen molar-refractivity contribution in [3.8, 4) is 23.1 Å². The first-order chi connectivity index (χ1) is 41.0. The Kier molecular flexibility index (Phi) is 23.0. The fourth-order valence-electron chi connectivity index (χ4n) is 11.1. The third kappa shape index (κ3) is 16.8. The largest absolute Gasteiger partial charge is 0.495 e. The third-order valence-electron chi connectivity index (χ3n) is 15.0. The molecule has 0 spiro atoms. The van der Waals surface area contributed by atoms with E-state index in [9.17, 15) is 14.9 Å². The molecule has 2 amide bonds. The topological polar surface area (TPSA) is 208 Å². The average Bonchev–Trinajstić information content (AvgIpc) is 1.96. The second-order valence-electron chi connectivity index (χ2n) is 22.5. The van der Waals surface area contributed by atoms with Crippen molar-refractivity contribution in [3.63, 3.8) is 0 Å². The van der Waals surface area contributed by atoms with Crippen molar-refractivity contribution in [2.75, 3.05) is 103 Å². The minimum Gasteiger partial charge on any atom is -0.495 e. The molecular formula is C63H76Cl2F2N10O8. The Labute approximate surface area is 506 Å². The number of methoxy groups -OCH3 is 1. The zero-order valence-corrected chi connectivity index (χ0v) is 50.5. The number of hydrogen-bond donors (Lipinski definition) is 4. The van der Waals surface area contributed by atoms with Gasteiger partial charge in [-0.1, -0.05) is 92.5 Å². The second kappa shape index (κ2) is 30.5. The van der Waals surface area contributed by atoms with Crippen LogP contribution in [0.2, 0.25) is 10.0 Å². The molecular weight excluding hydrogens is 1130 g/mol. The van der Waals surface area contributed by atoms with Gasteiger partial charge in [-0.3, -0.25) is 9.59 Å². The summed E-state index contributed by atoms with van der Waals surface area (Å²) in [5.74, 6) is -2.24. The van der Waals surface area contributed by atoms with Gasteiger partial charge in [-0.05, 0) is 91.1 Å². The fraction of sp³-hybridized carbons (Fsp3) is 0.460. The Morgan fingerprint density at radius 2 is 1.55 bits per heavy atom. The Hall–Kier alpha value is -6.80. The monoisotopic (exact) mass is 1210 g/mol. The number of hydrogen-bond acceptors (Lipinski definition) is 15. The van der Waals surface area contributed by atoms with Crippen LogP contribution in [0.4, 0.5) is 26.2 Å². The maximum Gasteiger partial charge on any atom is 0.251 e. The highest BCUT2D eigenvalue weighted by molar-refractivity contribution is 6.31. The van der Waals surface area contributed by atoms with E-state index in [1.807, 2.05) is 70.0 Å². The average molecular weight is 1210 g/mol. The number of benzene rings is 4. The first-order valence-corrected chi connectivity index (χ1v) is 29.4. The van der Waals surface area contributed by atoms with E-state index in [1.165, 1.54) is 55.1 Å². The molecule has 2 fully saturated rings. The first kappa shape index (κ1) is 64.2. The highest BCUT2D eigenvalue weighted by atomic mass is 35.5. The highest BCUT2D eigenvalue weighted by Crippen LogP contribution is 2.53. The van der Waals surface area contributed by atoms with Crippen molar-refractivity contribution in [2.24, 2.45) is 5.41 Å². The Morgan fingerprint density at radius 3 is 2.21 bits per heavy atom. The molecule has 2 aliphatic rings. The van der Waals surface area contributed by atoms with Crippen LogP contribution in [-0.2, 0) is 40.4 Å². The van der Waals surface area contributed by atoms with Crippen LogP contribution in [0.1, 0.15) is 85.8 Å². The number of carbonyl (C=O) groups excluding carboxylic acids is 2. The molecule has 85 heavy (non-hydrogen) atoms. The number of nitriles is 1. The van der Waals surface area contributed by atoms with E-state index in [2.05, 4.69) is 49.4 Å². The number of nitrogens with one attached hydrogen (secondary N) is 4. The number of carbonyl (C=O) groups is 2. The van der Waals surface area contributed by atoms with Crippen molar-refractivity contribution in [2.45, 2.75) is 95.0 Å². The van der Waals surface area contributed by atoms with Gasteiger partial charge in [-0.15, -0.1) is 0 Å². The number of amides is 2. The van der Waals surface area contributed by atoms with Crippen LogP contribution in [0.25, 0.3) is 11.3 Å². The quantitative estimate of drug-likeness (QED) is 0.0322. The summed E-state index contributed by atoms with van der Waals surface area (Å²) in [6, 6.07) is 25.4. The number of aromatic nitrogens is 4. The summed E-state index contributed by atoms with van der Waals surface area (Å²) in [5.41, 5.74) is 0.901. The van der Waals surface area contributed by atoms with Gasteiger partial charge in [0.1, 0.15) is 28.6 Å². The molecule has 2 unspecified atom stereocenters. The Morgan fingerprint density at radius 1 is 0.859 bits per heavy atom. The van der Waals surface area contributed by atoms with Crippen molar-refractivity contribution < 1.29 is 46.8 Å². The van der Waals surface area contributed by atoms with E-state index in [0.29, 0.717) is 65.3 Å². The first-order valence-electron chi connectivity index (χ1n) is 28.6. The van der Waals surface area contributed by atoms with Gasteiger partial charge in [0.05, 0.1) is 119 Å². The molecule has 22 heteroatoms. The lowest BCUT2D eigenvalue weighted by Gasteiger charge is -2.37. The zero-order valence-electron chi connectivity index (χ0n) is 49.0. The fourth-order valence-corrected chi connectivity index (χ4v) is 11.5. The molecule has 4 N–H and O–H groups in total. The smallest absolute Gasteiger partial charge is 0.251 e. The molecule has 1 aliphatic heterocycles. The third-order valence-corrected chi connectivity index (χ3v) is 15.6. The molecule has 454 valence electrons. The maximum absolute atomic E-state index is 16.2. The van der Waals surface area contributed by atoms with Crippen molar-refractivity contribution in [3.05, 3.63) is 147 Å². The van der Waals surface area contributed by atoms with Gasteiger partial charge in [-0.2, -0.15) is 10.4 Å². The van der Waals surface area contributed by atoms with Crippen LogP contribution in [-0.4, -0.2) is 143 Å². The molecule has 4 aromatic carbocycles. The van der Waals surface area contributed by atoms with Crippen molar-refractivity contribution in [1.82, 2.24) is 30.4 Å². The summed E-state index contributed by atoms with van der Waals surface area (Å²) in [7, 11) is 5.44. The SMILES string of the molecule is COc1ccc(C(=O)NCCOCCOCCOCCOCCO[C@H]2CC[C@H](Nc3nccc(-c4cnn(Cc5ccccc5)c4N(C)C)n3)CC2)cc1NC(=O)C1NC(CC(C)(C)C)[C@](C#N)(c2ccc(Cl)cc2F)[C@H]1c1cccc(Cl)c1F. The van der Waals surface area contributed by atoms with Gasteiger partial charge in [0.25, 0.3) is 5.91 Å². The van der Waals surface area contributed by atoms with Crippen LogP contribution < -0.4 is 30.9 Å².